The van der Waals surface area contributed by atoms with Crippen LogP contribution in [0, 0.1) is 0 Å². The first-order valence-electron chi connectivity index (χ1n) is 5.56. The summed E-state index contributed by atoms with van der Waals surface area (Å²) in [7, 11) is 0. The lowest BCUT2D eigenvalue weighted by molar-refractivity contribution is -0.127. The Hall–Kier alpha value is -2.24. The molecule has 0 heterocycles. The molecular formula is C12H17N3O3. The average molecular weight is 251 g/mol. The summed E-state index contributed by atoms with van der Waals surface area (Å²) in [5.41, 5.74) is 11.2. The number of para-hydroxylation sites is 2. The fraction of sp³-hybridized carbons (Fsp3) is 0.333. The average Bonchev–Trinajstić information content (AvgIpc) is 2.31. The Kier molecular flexibility index (Phi) is 4.98. The summed E-state index contributed by atoms with van der Waals surface area (Å²) >= 11 is 0. The highest BCUT2D eigenvalue weighted by molar-refractivity contribution is 5.86. The number of amides is 2. The molecule has 0 saturated carbocycles. The zero-order valence-corrected chi connectivity index (χ0v) is 10.2. The van der Waals surface area contributed by atoms with E-state index in [9.17, 15) is 9.59 Å². The predicted molar refractivity (Wildman–Crippen MR) is 67.8 cm³/mol. The molecule has 0 saturated heterocycles. The predicted octanol–water partition coefficient (Wildman–Crippen LogP) is 0.0277. The number of nitrogens with two attached hydrogens (primary N) is 2. The van der Waals surface area contributed by atoms with Crippen LogP contribution in [0.2, 0.25) is 0 Å². The highest BCUT2D eigenvalue weighted by Crippen LogP contribution is 2.19. The van der Waals surface area contributed by atoms with E-state index < -0.39 is 11.9 Å². The summed E-state index contributed by atoms with van der Waals surface area (Å²) in [5.74, 6) is -0.333. The number of hydrogen-bond donors (Lipinski definition) is 3. The standard InChI is InChI=1S/C12H17N3O3/c1-8(12(14)17)15-11(16)6-7-18-10-5-3-2-4-9(10)13/h2-5,8H,6-7,13H2,1H3,(H2,14,17)(H,15,16). The van der Waals surface area contributed by atoms with Crippen LogP contribution in [0.3, 0.4) is 0 Å². The van der Waals surface area contributed by atoms with Crippen molar-refractivity contribution in [3.63, 3.8) is 0 Å². The van der Waals surface area contributed by atoms with Gasteiger partial charge in [-0.15, -0.1) is 0 Å². The largest absolute Gasteiger partial charge is 0.491 e. The number of hydrogen-bond acceptors (Lipinski definition) is 4. The van der Waals surface area contributed by atoms with E-state index in [0.717, 1.165) is 0 Å². The summed E-state index contributed by atoms with van der Waals surface area (Å²) in [6, 6.07) is 6.34. The molecule has 0 radical (unpaired) electrons. The highest BCUT2D eigenvalue weighted by Gasteiger charge is 2.11. The Bertz CT molecular complexity index is 434. The number of ether oxygens (including phenoxy) is 1. The van der Waals surface area contributed by atoms with Gasteiger partial charge in [0.1, 0.15) is 11.8 Å². The number of nitrogen functional groups attached to an aromatic ring is 1. The zero-order valence-electron chi connectivity index (χ0n) is 10.2. The number of primary amides is 1. The highest BCUT2D eigenvalue weighted by atomic mass is 16.5. The zero-order chi connectivity index (χ0) is 13.5. The van der Waals surface area contributed by atoms with Crippen molar-refractivity contribution in [3.05, 3.63) is 24.3 Å². The molecule has 2 amide bonds. The minimum Gasteiger partial charge on any atom is -0.491 e. The lowest BCUT2D eigenvalue weighted by atomic mass is 10.3. The first-order chi connectivity index (χ1) is 8.50. The normalized spacial score (nSPS) is 11.6. The van der Waals surface area contributed by atoms with Crippen molar-refractivity contribution < 1.29 is 14.3 Å². The smallest absolute Gasteiger partial charge is 0.239 e. The molecule has 5 N–H and O–H groups in total. The lowest BCUT2D eigenvalue weighted by Gasteiger charge is -2.11. The first-order valence-corrected chi connectivity index (χ1v) is 5.56. The third-order valence-electron chi connectivity index (χ3n) is 2.31. The fourth-order valence-electron chi connectivity index (χ4n) is 1.25. The van der Waals surface area contributed by atoms with E-state index in [-0.39, 0.29) is 18.9 Å². The van der Waals surface area contributed by atoms with Crippen molar-refractivity contribution in [3.8, 4) is 5.75 Å². The van der Waals surface area contributed by atoms with Crippen LogP contribution in [-0.2, 0) is 9.59 Å². The molecule has 1 rings (SSSR count). The van der Waals surface area contributed by atoms with Crippen molar-refractivity contribution in [2.45, 2.75) is 19.4 Å². The van der Waals surface area contributed by atoms with Crippen LogP contribution in [0.15, 0.2) is 24.3 Å². The van der Waals surface area contributed by atoms with Crippen molar-refractivity contribution >= 4 is 17.5 Å². The monoisotopic (exact) mass is 251 g/mol. The van der Waals surface area contributed by atoms with Crippen molar-refractivity contribution in [1.29, 1.82) is 0 Å². The van der Waals surface area contributed by atoms with E-state index in [4.69, 9.17) is 16.2 Å². The number of anilines is 1. The number of nitrogens with one attached hydrogen (secondary N) is 1. The van der Waals surface area contributed by atoms with Gasteiger partial charge in [0.2, 0.25) is 11.8 Å². The second-order valence-corrected chi connectivity index (χ2v) is 3.83. The van der Waals surface area contributed by atoms with Gasteiger partial charge in [0.15, 0.2) is 0 Å². The van der Waals surface area contributed by atoms with Gasteiger partial charge in [-0.2, -0.15) is 0 Å². The fourth-order valence-corrected chi connectivity index (χ4v) is 1.25. The van der Waals surface area contributed by atoms with Crippen LogP contribution in [0.4, 0.5) is 5.69 Å². The van der Waals surface area contributed by atoms with Gasteiger partial charge in [0, 0.05) is 0 Å². The van der Waals surface area contributed by atoms with Gasteiger partial charge in [-0.1, -0.05) is 12.1 Å². The van der Waals surface area contributed by atoms with E-state index in [1.807, 2.05) is 0 Å². The SMILES string of the molecule is CC(NC(=O)CCOc1ccccc1N)C(N)=O. The second kappa shape index (κ2) is 6.48. The molecular weight excluding hydrogens is 234 g/mol. The molecule has 6 heteroatoms. The van der Waals surface area contributed by atoms with E-state index in [1.165, 1.54) is 6.92 Å². The van der Waals surface area contributed by atoms with Crippen molar-refractivity contribution in [1.82, 2.24) is 5.32 Å². The number of benzene rings is 1. The Morgan fingerprint density at radius 2 is 2.06 bits per heavy atom. The molecule has 0 aliphatic carbocycles. The maximum atomic E-state index is 11.4. The Morgan fingerprint density at radius 3 is 2.67 bits per heavy atom. The summed E-state index contributed by atoms with van der Waals surface area (Å²) < 4.78 is 5.35. The number of rotatable bonds is 6. The van der Waals surface area contributed by atoms with Gasteiger partial charge in [-0.3, -0.25) is 9.59 Å². The summed E-state index contributed by atoms with van der Waals surface area (Å²) in [4.78, 5) is 22.1. The van der Waals surface area contributed by atoms with Crippen molar-refractivity contribution in [2.24, 2.45) is 5.73 Å². The van der Waals surface area contributed by atoms with Crippen LogP contribution in [0.1, 0.15) is 13.3 Å². The topological polar surface area (TPSA) is 107 Å². The molecule has 18 heavy (non-hydrogen) atoms. The molecule has 0 aliphatic heterocycles. The van der Waals surface area contributed by atoms with Gasteiger partial charge >= 0.3 is 0 Å². The van der Waals surface area contributed by atoms with E-state index in [0.29, 0.717) is 11.4 Å². The number of carbonyl (C=O) groups excluding carboxylic acids is 2. The molecule has 0 bridgehead atoms. The van der Waals surface area contributed by atoms with Crippen molar-refractivity contribution in [2.75, 3.05) is 12.3 Å². The third-order valence-corrected chi connectivity index (χ3v) is 2.31. The third kappa shape index (κ3) is 4.32. The maximum absolute atomic E-state index is 11.4. The van der Waals surface area contributed by atoms with Crippen LogP contribution >= 0.6 is 0 Å². The maximum Gasteiger partial charge on any atom is 0.239 e. The molecule has 98 valence electrons. The molecule has 0 aliphatic rings. The van der Waals surface area contributed by atoms with Gasteiger partial charge in [-0.05, 0) is 19.1 Å². The lowest BCUT2D eigenvalue weighted by Crippen LogP contribution is -2.42. The second-order valence-electron chi connectivity index (χ2n) is 3.83. The molecule has 1 aromatic carbocycles. The Labute approximate surface area is 105 Å². The van der Waals surface area contributed by atoms with Crippen LogP contribution in [0.5, 0.6) is 5.75 Å². The Morgan fingerprint density at radius 1 is 1.39 bits per heavy atom. The molecule has 1 aromatic rings. The Balaban J connectivity index is 2.32. The number of carbonyl (C=O) groups is 2. The molecule has 0 aromatic heterocycles. The minimum atomic E-state index is -0.681. The van der Waals surface area contributed by atoms with Gasteiger partial charge in [-0.25, -0.2) is 0 Å². The first kappa shape index (κ1) is 13.8. The molecule has 0 spiro atoms. The summed E-state index contributed by atoms with van der Waals surface area (Å²) in [6.45, 7) is 1.71. The summed E-state index contributed by atoms with van der Waals surface area (Å²) in [5, 5.41) is 2.46. The molecule has 6 nitrogen and oxygen atoms in total. The van der Waals surface area contributed by atoms with Gasteiger partial charge in [0.05, 0.1) is 18.7 Å². The van der Waals surface area contributed by atoms with E-state index in [1.54, 1.807) is 24.3 Å². The molecule has 1 atom stereocenters. The van der Waals surface area contributed by atoms with Gasteiger partial charge < -0.3 is 21.5 Å². The van der Waals surface area contributed by atoms with Crippen LogP contribution in [-0.4, -0.2) is 24.5 Å². The molecule has 0 fully saturated rings. The quantitative estimate of drug-likeness (QED) is 0.620. The van der Waals surface area contributed by atoms with Gasteiger partial charge in [0.25, 0.3) is 0 Å². The summed E-state index contributed by atoms with van der Waals surface area (Å²) in [6.07, 6.45) is 0.131. The molecule has 1 unspecified atom stereocenters. The van der Waals surface area contributed by atoms with E-state index >= 15 is 0 Å². The van der Waals surface area contributed by atoms with Crippen LogP contribution in [0.25, 0.3) is 0 Å². The minimum absolute atomic E-state index is 0.131. The van der Waals surface area contributed by atoms with Crippen LogP contribution < -0.4 is 21.5 Å². The van der Waals surface area contributed by atoms with E-state index in [2.05, 4.69) is 5.32 Å².